The average molecular weight is 529 g/mol. The van der Waals surface area contributed by atoms with Crippen LogP contribution in [0.3, 0.4) is 0 Å². The fourth-order valence-electron chi connectivity index (χ4n) is 7.00. The maximum absolute atomic E-state index is 15.7. The first-order valence-electron chi connectivity index (χ1n) is 13.0. The van der Waals surface area contributed by atoms with Crippen molar-refractivity contribution >= 4 is 29.0 Å². The highest BCUT2D eigenvalue weighted by Crippen LogP contribution is 2.51. The molecule has 0 heterocycles. The minimum Gasteiger partial charge on any atom is -0.507 e. The van der Waals surface area contributed by atoms with E-state index in [4.69, 9.17) is 11.1 Å². The summed E-state index contributed by atoms with van der Waals surface area (Å²) in [6.45, 7) is 0.906. The molecule has 204 valence electrons. The Morgan fingerprint density at radius 1 is 1.29 bits per heavy atom. The highest BCUT2D eigenvalue weighted by Gasteiger charge is 2.67. The Kier molecular flexibility index (Phi) is 6.52. The van der Waals surface area contributed by atoms with E-state index in [1.165, 1.54) is 17.4 Å². The number of aliphatic hydroxyl groups is 1. The van der Waals surface area contributed by atoms with Crippen molar-refractivity contribution in [3.63, 3.8) is 0 Å². The van der Waals surface area contributed by atoms with Crippen LogP contribution in [0.4, 0.5) is 4.39 Å². The zero-order chi connectivity index (χ0) is 27.7. The number of amides is 1. The Morgan fingerprint density at radius 3 is 2.55 bits per heavy atom. The first-order chi connectivity index (χ1) is 17.9. The van der Waals surface area contributed by atoms with Gasteiger partial charge in [-0.2, -0.15) is 0 Å². The molecule has 0 spiro atoms. The highest BCUT2D eigenvalue weighted by atomic mass is 19.1. The Labute approximate surface area is 219 Å². The van der Waals surface area contributed by atoms with E-state index in [0.29, 0.717) is 5.92 Å². The van der Waals surface area contributed by atoms with Crippen molar-refractivity contribution in [2.75, 3.05) is 20.6 Å². The van der Waals surface area contributed by atoms with Gasteiger partial charge in [0.1, 0.15) is 17.5 Å². The third-order valence-corrected chi connectivity index (χ3v) is 9.10. The number of likely N-dealkylation sites (N-methyl/N-ethyl adjacent to an activating group) is 1. The zero-order valence-corrected chi connectivity index (χ0v) is 21.4. The van der Waals surface area contributed by atoms with Crippen molar-refractivity contribution in [3.8, 4) is 5.75 Å². The molecule has 4 aliphatic carbocycles. The Balaban J connectivity index is 1.52. The zero-order valence-electron chi connectivity index (χ0n) is 21.4. The second-order valence-corrected chi connectivity index (χ2v) is 11.5. The van der Waals surface area contributed by atoms with E-state index in [1.54, 1.807) is 14.1 Å². The van der Waals surface area contributed by atoms with Crippen molar-refractivity contribution < 1.29 is 33.8 Å². The molecule has 6 N–H and O–H groups in total. The van der Waals surface area contributed by atoms with Gasteiger partial charge in [-0.1, -0.05) is 6.42 Å². The Bertz CT molecular complexity index is 1260. The van der Waals surface area contributed by atoms with Gasteiger partial charge in [-0.3, -0.25) is 24.1 Å². The number of nitrogens with two attached hydrogens (primary N) is 1. The van der Waals surface area contributed by atoms with Gasteiger partial charge < -0.3 is 26.7 Å². The fourth-order valence-corrected chi connectivity index (χ4v) is 7.00. The van der Waals surface area contributed by atoms with Gasteiger partial charge in [-0.05, 0) is 64.2 Å². The molecule has 0 aliphatic heterocycles. The summed E-state index contributed by atoms with van der Waals surface area (Å²) in [7, 11) is 3.10. The smallest absolute Gasteiger partial charge is 0.233 e. The van der Waals surface area contributed by atoms with Crippen LogP contribution in [-0.2, 0) is 27.3 Å². The summed E-state index contributed by atoms with van der Waals surface area (Å²) in [5.41, 5.74) is 1.92. The van der Waals surface area contributed by atoms with E-state index < -0.39 is 75.8 Å². The van der Waals surface area contributed by atoms with Crippen LogP contribution in [0.15, 0.2) is 6.07 Å². The quantitative estimate of drug-likeness (QED) is 0.329. The van der Waals surface area contributed by atoms with Crippen LogP contribution in [-0.4, -0.2) is 76.4 Å². The summed E-state index contributed by atoms with van der Waals surface area (Å²) >= 11 is 0. The van der Waals surface area contributed by atoms with E-state index >= 15 is 4.39 Å². The van der Waals surface area contributed by atoms with Gasteiger partial charge in [0.2, 0.25) is 5.91 Å². The second-order valence-electron chi connectivity index (χ2n) is 11.5. The molecule has 0 radical (unpaired) electrons. The molecule has 4 aliphatic rings. The van der Waals surface area contributed by atoms with Gasteiger partial charge >= 0.3 is 0 Å². The van der Waals surface area contributed by atoms with Crippen molar-refractivity contribution in [1.29, 1.82) is 5.41 Å². The predicted molar refractivity (Wildman–Crippen MR) is 133 cm³/mol. The summed E-state index contributed by atoms with van der Waals surface area (Å²) in [5.74, 6) is -9.37. The number of phenols is 1. The summed E-state index contributed by atoms with van der Waals surface area (Å²) in [6, 6.07) is 0.0746. The minimum atomic E-state index is -2.57. The van der Waals surface area contributed by atoms with Gasteiger partial charge in [-0.15, -0.1) is 0 Å². The number of fused-ring (bicyclic) bond motifs is 3. The SMILES string of the molecule is CN(C)C1C(=O)C(C(N)=O)C(=N)C2(O)C(=O)C3C(=O)c4c(O)cc(CNCC5CCC5)c(F)c4CC3CC12. The predicted octanol–water partition coefficient (Wildman–Crippen LogP) is 0.346. The number of primary amides is 1. The molecule has 0 bridgehead atoms. The van der Waals surface area contributed by atoms with Gasteiger partial charge in [0, 0.05) is 23.6 Å². The first-order valence-corrected chi connectivity index (χ1v) is 13.0. The van der Waals surface area contributed by atoms with Crippen LogP contribution < -0.4 is 11.1 Å². The standard InChI is InChI=1S/C27H33FN4O6/c1-32(2)21-15-7-12-6-14-18(16(33)8-13(20(14)28)10-31-9-11-4-3-5-11)22(34)17(12)25(36)27(15,38)24(29)19(23(21)35)26(30)37/h8,11-12,15,17,19,21,29,31,33,38H,3-7,9-10H2,1-2H3,(H2,30,37). The molecule has 3 saturated carbocycles. The van der Waals surface area contributed by atoms with E-state index in [-0.39, 0.29) is 36.1 Å². The Morgan fingerprint density at radius 2 is 1.97 bits per heavy atom. The van der Waals surface area contributed by atoms with E-state index in [0.717, 1.165) is 19.4 Å². The van der Waals surface area contributed by atoms with Crippen LogP contribution in [0.5, 0.6) is 5.75 Å². The topological polar surface area (TPSA) is 174 Å². The number of hydrogen-bond acceptors (Lipinski definition) is 9. The number of aromatic hydroxyl groups is 1. The lowest BCUT2D eigenvalue weighted by molar-refractivity contribution is -0.157. The third kappa shape index (κ3) is 3.74. The molecule has 38 heavy (non-hydrogen) atoms. The van der Waals surface area contributed by atoms with E-state index in [9.17, 15) is 29.4 Å². The number of Topliss-reactive ketones (excluding diaryl/α,β-unsaturated/α-hetero) is 3. The molecule has 6 atom stereocenters. The van der Waals surface area contributed by atoms with Crippen LogP contribution in [0.25, 0.3) is 0 Å². The molecular formula is C27H33FN4O6. The van der Waals surface area contributed by atoms with Crippen LogP contribution >= 0.6 is 0 Å². The number of ketones is 3. The summed E-state index contributed by atoms with van der Waals surface area (Å²) in [4.78, 5) is 54.2. The van der Waals surface area contributed by atoms with Crippen LogP contribution in [0.2, 0.25) is 0 Å². The fraction of sp³-hybridized carbons (Fsp3) is 0.593. The molecule has 3 fully saturated rings. The van der Waals surface area contributed by atoms with Crippen molar-refractivity contribution in [2.45, 2.75) is 50.3 Å². The van der Waals surface area contributed by atoms with E-state index in [1.807, 2.05) is 0 Å². The molecule has 6 unspecified atom stereocenters. The number of hydrogen-bond donors (Lipinski definition) is 5. The molecule has 0 aromatic heterocycles. The van der Waals surface area contributed by atoms with Gasteiger partial charge in [0.25, 0.3) is 0 Å². The molecular weight excluding hydrogens is 495 g/mol. The number of phenolic OH excluding ortho intramolecular Hbond substituents is 1. The normalized spacial score (nSPS) is 33.0. The van der Waals surface area contributed by atoms with Crippen LogP contribution in [0.1, 0.15) is 47.2 Å². The third-order valence-electron chi connectivity index (χ3n) is 9.10. The van der Waals surface area contributed by atoms with Crippen molar-refractivity contribution in [3.05, 3.63) is 28.6 Å². The van der Waals surface area contributed by atoms with E-state index in [2.05, 4.69) is 5.32 Å². The summed E-state index contributed by atoms with van der Waals surface area (Å²) in [5, 5.41) is 34.1. The van der Waals surface area contributed by atoms with Crippen molar-refractivity contribution in [2.24, 2.45) is 35.3 Å². The largest absolute Gasteiger partial charge is 0.507 e. The lowest BCUT2D eigenvalue weighted by Gasteiger charge is -2.53. The number of nitrogens with one attached hydrogen (secondary N) is 2. The molecule has 1 amide bonds. The number of carbonyl (C=O) groups excluding carboxylic acids is 4. The maximum atomic E-state index is 15.7. The number of rotatable bonds is 6. The molecule has 1 aromatic carbocycles. The number of benzene rings is 1. The lowest BCUT2D eigenvalue weighted by Crippen LogP contribution is -2.73. The first kappa shape index (κ1) is 26.6. The van der Waals surface area contributed by atoms with Crippen LogP contribution in [0, 0.1) is 40.8 Å². The summed E-state index contributed by atoms with van der Waals surface area (Å²) < 4.78 is 15.7. The lowest BCUT2D eigenvalue weighted by atomic mass is 9.52. The Hall–Kier alpha value is -3.02. The summed E-state index contributed by atoms with van der Waals surface area (Å²) in [6.07, 6.45) is 3.34. The van der Waals surface area contributed by atoms with Gasteiger partial charge in [0.05, 0.1) is 23.2 Å². The maximum Gasteiger partial charge on any atom is 0.233 e. The molecule has 10 nitrogen and oxygen atoms in total. The monoisotopic (exact) mass is 528 g/mol. The minimum absolute atomic E-state index is 0.0172. The number of nitrogens with zero attached hydrogens (tertiary/aromatic N) is 1. The second kappa shape index (κ2) is 9.32. The van der Waals surface area contributed by atoms with Crippen molar-refractivity contribution in [1.82, 2.24) is 10.2 Å². The average Bonchev–Trinajstić information content (AvgIpc) is 2.80. The number of halogens is 1. The number of carbonyl (C=O) groups is 4. The molecule has 5 rings (SSSR count). The molecule has 1 aromatic rings. The van der Waals surface area contributed by atoms with Gasteiger partial charge in [0.15, 0.2) is 23.0 Å². The van der Waals surface area contributed by atoms with Gasteiger partial charge in [-0.25, -0.2) is 4.39 Å². The molecule has 0 saturated heterocycles. The highest BCUT2D eigenvalue weighted by molar-refractivity contribution is 6.33. The molecule has 11 heteroatoms.